The lowest BCUT2D eigenvalue weighted by atomic mass is 10.0. The van der Waals surface area contributed by atoms with Crippen molar-refractivity contribution in [3.05, 3.63) is 40.7 Å². The van der Waals surface area contributed by atoms with Gasteiger partial charge in [-0.05, 0) is 11.6 Å². The second-order valence-electron chi connectivity index (χ2n) is 3.84. The molecule has 0 amide bonds. The molecule has 0 saturated heterocycles. The van der Waals surface area contributed by atoms with Gasteiger partial charge in [0.1, 0.15) is 6.54 Å². The van der Waals surface area contributed by atoms with Crippen molar-refractivity contribution in [2.24, 2.45) is 0 Å². The van der Waals surface area contributed by atoms with E-state index in [1.165, 1.54) is 10.9 Å². The first-order valence-corrected chi connectivity index (χ1v) is 4.95. The Labute approximate surface area is 81.9 Å². The quantitative estimate of drug-likeness (QED) is 0.584. The fraction of sp³-hybridized carbons (Fsp3) is 0.273. The minimum absolute atomic E-state index is 0.351. The van der Waals surface area contributed by atoms with Crippen molar-refractivity contribution >= 4 is 10.9 Å². The van der Waals surface area contributed by atoms with Gasteiger partial charge in [0.2, 0.25) is 0 Å². The first-order valence-electron chi connectivity index (χ1n) is 4.95. The van der Waals surface area contributed by atoms with E-state index in [0.717, 1.165) is 17.6 Å². The smallest absolute Gasteiger partial charge is 0.118 e. The maximum absolute atomic E-state index is 11.3. The number of aromatic amines is 1. The molecule has 3 nitrogen and oxygen atoms in total. The number of hydrogen-bond donors (Lipinski definition) is 2. The lowest BCUT2D eigenvalue weighted by Crippen LogP contribution is -3.06. The van der Waals surface area contributed by atoms with Gasteiger partial charge >= 0.3 is 0 Å². The Morgan fingerprint density at radius 1 is 1.29 bits per heavy atom. The van der Waals surface area contributed by atoms with Crippen molar-refractivity contribution in [3.8, 4) is 0 Å². The van der Waals surface area contributed by atoms with Crippen LogP contribution in [-0.4, -0.2) is 11.5 Å². The molecule has 3 rings (SSSR count). The molecule has 1 atom stereocenters. The summed E-state index contributed by atoms with van der Waals surface area (Å²) < 4.78 is 0. The van der Waals surface area contributed by atoms with Gasteiger partial charge < -0.3 is 15.3 Å². The summed E-state index contributed by atoms with van der Waals surface area (Å²) in [6.07, 6.45) is 0.901. The van der Waals surface area contributed by atoms with Crippen molar-refractivity contribution in [1.82, 2.24) is 4.98 Å². The SMILES string of the molecule is [O-][NH+]1CCc2c([nH]c3ccccc23)C1. The molecule has 1 unspecified atom stereocenters. The zero-order chi connectivity index (χ0) is 9.54. The normalized spacial score (nSPS) is 21.1. The number of hydroxylamine groups is 2. The van der Waals surface area contributed by atoms with Crippen LogP contribution in [0, 0.1) is 5.21 Å². The Morgan fingerprint density at radius 2 is 2.14 bits per heavy atom. The molecule has 1 aliphatic rings. The van der Waals surface area contributed by atoms with Crippen LogP contribution in [-0.2, 0) is 13.0 Å². The number of rotatable bonds is 0. The molecular weight excluding hydrogens is 176 g/mol. The van der Waals surface area contributed by atoms with E-state index in [-0.39, 0.29) is 0 Å². The zero-order valence-corrected chi connectivity index (χ0v) is 7.84. The van der Waals surface area contributed by atoms with Crippen LogP contribution in [0.25, 0.3) is 10.9 Å². The number of para-hydroxylation sites is 1. The first-order chi connectivity index (χ1) is 6.84. The number of fused-ring (bicyclic) bond motifs is 3. The van der Waals surface area contributed by atoms with Crippen LogP contribution in [0.3, 0.4) is 0 Å². The Kier molecular flexibility index (Phi) is 1.63. The molecule has 2 heterocycles. The number of aromatic nitrogens is 1. The molecule has 0 saturated carbocycles. The predicted molar refractivity (Wildman–Crippen MR) is 54.9 cm³/mol. The van der Waals surface area contributed by atoms with Gasteiger partial charge in [-0.2, -0.15) is 0 Å². The third-order valence-electron chi connectivity index (χ3n) is 2.93. The third kappa shape index (κ3) is 1.06. The summed E-state index contributed by atoms with van der Waals surface area (Å²) in [6, 6.07) is 8.26. The second-order valence-corrected chi connectivity index (χ2v) is 3.84. The van der Waals surface area contributed by atoms with E-state index >= 15 is 0 Å². The molecule has 0 spiro atoms. The molecule has 2 aromatic rings. The maximum Gasteiger partial charge on any atom is 0.118 e. The number of hydrogen-bond acceptors (Lipinski definition) is 1. The van der Waals surface area contributed by atoms with E-state index in [1.807, 2.05) is 12.1 Å². The van der Waals surface area contributed by atoms with Crippen molar-refractivity contribution in [2.45, 2.75) is 13.0 Å². The zero-order valence-electron chi connectivity index (χ0n) is 7.84. The van der Waals surface area contributed by atoms with Gasteiger partial charge in [0.05, 0.1) is 12.2 Å². The summed E-state index contributed by atoms with van der Waals surface area (Å²) >= 11 is 0. The van der Waals surface area contributed by atoms with E-state index in [0.29, 0.717) is 18.2 Å². The van der Waals surface area contributed by atoms with Crippen LogP contribution in [0.4, 0.5) is 0 Å². The lowest BCUT2D eigenvalue weighted by molar-refractivity contribution is -0.865. The molecule has 3 heteroatoms. The number of quaternary nitrogens is 1. The van der Waals surface area contributed by atoms with Crippen LogP contribution in [0.15, 0.2) is 24.3 Å². The van der Waals surface area contributed by atoms with Crippen molar-refractivity contribution in [2.75, 3.05) is 6.54 Å². The van der Waals surface area contributed by atoms with Crippen LogP contribution >= 0.6 is 0 Å². The molecule has 72 valence electrons. The van der Waals surface area contributed by atoms with Gasteiger partial charge in [-0.25, -0.2) is 0 Å². The number of benzene rings is 1. The van der Waals surface area contributed by atoms with Crippen LogP contribution in [0.1, 0.15) is 11.3 Å². The highest BCUT2D eigenvalue weighted by atomic mass is 16.5. The maximum atomic E-state index is 11.3. The highest BCUT2D eigenvalue weighted by Crippen LogP contribution is 2.23. The fourth-order valence-corrected chi connectivity index (χ4v) is 2.24. The minimum Gasteiger partial charge on any atom is -0.634 e. The predicted octanol–water partition coefficient (Wildman–Crippen LogP) is 0.607. The molecule has 1 aliphatic heterocycles. The average Bonchev–Trinajstić information content (AvgIpc) is 2.54. The first kappa shape index (κ1) is 8.03. The van der Waals surface area contributed by atoms with E-state index in [4.69, 9.17) is 0 Å². The van der Waals surface area contributed by atoms with Crippen LogP contribution < -0.4 is 5.06 Å². The van der Waals surface area contributed by atoms with Crippen molar-refractivity contribution in [3.63, 3.8) is 0 Å². The second kappa shape index (κ2) is 2.83. The number of H-pyrrole nitrogens is 1. The molecule has 1 aromatic heterocycles. The Hall–Kier alpha value is -1.32. The van der Waals surface area contributed by atoms with E-state index < -0.39 is 0 Å². The molecular formula is C11H12N2O. The van der Waals surface area contributed by atoms with Gasteiger partial charge in [0.25, 0.3) is 0 Å². The van der Waals surface area contributed by atoms with E-state index in [1.54, 1.807) is 0 Å². The van der Waals surface area contributed by atoms with E-state index in [2.05, 4.69) is 17.1 Å². The van der Waals surface area contributed by atoms with Crippen molar-refractivity contribution < 1.29 is 5.06 Å². The standard InChI is InChI=1S/C11H12N2O/c14-13-6-5-9-8-3-1-2-4-10(8)12-11(9)7-13/h1-4,12-13H,5-7H2. The molecule has 0 radical (unpaired) electrons. The summed E-state index contributed by atoms with van der Waals surface area (Å²) in [6.45, 7) is 1.29. The van der Waals surface area contributed by atoms with Crippen LogP contribution in [0.5, 0.6) is 0 Å². The monoisotopic (exact) mass is 188 g/mol. The molecule has 0 fully saturated rings. The topological polar surface area (TPSA) is 43.3 Å². The number of nitrogens with one attached hydrogen (secondary N) is 2. The van der Waals surface area contributed by atoms with Crippen LogP contribution in [0.2, 0.25) is 0 Å². The van der Waals surface area contributed by atoms with Gasteiger partial charge in [-0.15, -0.1) is 0 Å². The van der Waals surface area contributed by atoms with Gasteiger partial charge in [-0.1, -0.05) is 18.2 Å². The third-order valence-corrected chi connectivity index (χ3v) is 2.93. The van der Waals surface area contributed by atoms with Gasteiger partial charge in [0.15, 0.2) is 0 Å². The summed E-state index contributed by atoms with van der Waals surface area (Å²) in [5.41, 5.74) is 3.63. The Balaban J connectivity index is 2.24. The highest BCUT2D eigenvalue weighted by Gasteiger charge is 2.18. The molecule has 14 heavy (non-hydrogen) atoms. The molecule has 2 N–H and O–H groups in total. The van der Waals surface area contributed by atoms with Crippen molar-refractivity contribution in [1.29, 1.82) is 0 Å². The summed E-state index contributed by atoms with van der Waals surface area (Å²) in [4.78, 5) is 3.33. The van der Waals surface area contributed by atoms with E-state index in [9.17, 15) is 5.21 Å². The Bertz CT molecular complexity index is 475. The average molecular weight is 188 g/mol. The molecule has 0 bridgehead atoms. The van der Waals surface area contributed by atoms with Gasteiger partial charge in [-0.3, -0.25) is 0 Å². The summed E-state index contributed by atoms with van der Waals surface area (Å²) in [7, 11) is 0. The minimum atomic E-state index is 0.351. The summed E-state index contributed by atoms with van der Waals surface area (Å²) in [5.74, 6) is 0. The lowest BCUT2D eigenvalue weighted by Gasteiger charge is -2.26. The largest absolute Gasteiger partial charge is 0.634 e. The summed E-state index contributed by atoms with van der Waals surface area (Å²) in [5, 5.41) is 12.9. The fourth-order valence-electron chi connectivity index (χ4n) is 2.24. The molecule has 1 aromatic carbocycles. The highest BCUT2D eigenvalue weighted by molar-refractivity contribution is 5.84. The van der Waals surface area contributed by atoms with Gasteiger partial charge in [0, 0.05) is 17.3 Å². The Morgan fingerprint density at radius 3 is 3.07 bits per heavy atom. The molecule has 0 aliphatic carbocycles.